The van der Waals surface area contributed by atoms with E-state index < -0.39 is 0 Å². The number of aryl methyl sites for hydroxylation is 1. The van der Waals surface area contributed by atoms with Crippen LogP contribution in [0.15, 0.2) is 93.9 Å². The average Bonchev–Trinajstić information content (AvgIpc) is 3.02. The number of rotatable bonds is 4. The van der Waals surface area contributed by atoms with E-state index in [1.165, 1.54) is 4.68 Å². The lowest BCUT2D eigenvalue weighted by molar-refractivity contribution is 0.835. The Bertz CT molecular complexity index is 1170. The van der Waals surface area contributed by atoms with Crippen LogP contribution >= 0.6 is 11.6 Å². The van der Waals surface area contributed by atoms with Crippen LogP contribution in [0.5, 0.6) is 0 Å². The van der Waals surface area contributed by atoms with E-state index in [4.69, 9.17) is 11.6 Å². The summed E-state index contributed by atoms with van der Waals surface area (Å²) >= 11 is 5.91. The molecule has 0 saturated heterocycles. The summed E-state index contributed by atoms with van der Waals surface area (Å²) in [5.41, 5.74) is 4.26. The normalized spacial score (nSPS) is 11.2. The van der Waals surface area contributed by atoms with E-state index in [0.29, 0.717) is 22.1 Å². The Kier molecular flexibility index (Phi) is 4.91. The number of halogens is 1. The Morgan fingerprint density at radius 1 is 0.821 bits per heavy atom. The molecule has 4 aromatic rings. The van der Waals surface area contributed by atoms with Crippen molar-refractivity contribution in [2.24, 2.45) is 10.2 Å². The molecule has 1 heterocycles. The third-order valence-electron chi connectivity index (χ3n) is 4.37. The Labute approximate surface area is 166 Å². The minimum absolute atomic E-state index is 0.260. The maximum Gasteiger partial charge on any atom is 0.299 e. The summed E-state index contributed by atoms with van der Waals surface area (Å²) in [6, 6.07) is 24.8. The highest BCUT2D eigenvalue weighted by molar-refractivity contribution is 6.30. The first-order valence-electron chi connectivity index (χ1n) is 8.76. The van der Waals surface area contributed by atoms with Crippen molar-refractivity contribution < 1.29 is 0 Å². The maximum absolute atomic E-state index is 12.7. The van der Waals surface area contributed by atoms with Crippen molar-refractivity contribution >= 4 is 23.0 Å². The summed E-state index contributed by atoms with van der Waals surface area (Å²) in [4.78, 5) is 12.7. The SMILES string of the molecule is Cc1[nH]n(-c2ccc(Cl)cc2)c(=O)c1N=Nc1ccc(-c2ccccc2)cc1. The minimum Gasteiger partial charge on any atom is -0.293 e. The van der Waals surface area contributed by atoms with Crippen molar-refractivity contribution in [2.75, 3.05) is 0 Å². The van der Waals surface area contributed by atoms with Gasteiger partial charge in [-0.2, -0.15) is 5.11 Å². The smallest absolute Gasteiger partial charge is 0.293 e. The lowest BCUT2D eigenvalue weighted by atomic mass is 10.1. The number of H-pyrrole nitrogens is 1. The Morgan fingerprint density at radius 3 is 2.14 bits per heavy atom. The fraction of sp³-hybridized carbons (Fsp3) is 0.0455. The van der Waals surface area contributed by atoms with Gasteiger partial charge in [-0.3, -0.25) is 9.89 Å². The summed E-state index contributed by atoms with van der Waals surface area (Å²) in [6.07, 6.45) is 0. The number of azo groups is 1. The fourth-order valence-electron chi connectivity index (χ4n) is 2.89. The predicted octanol–water partition coefficient (Wildman–Crippen LogP) is 6.21. The second-order valence-corrected chi connectivity index (χ2v) is 6.75. The molecule has 1 aromatic heterocycles. The molecule has 0 bridgehead atoms. The zero-order valence-corrected chi connectivity index (χ0v) is 15.9. The first-order valence-corrected chi connectivity index (χ1v) is 9.14. The molecule has 0 aliphatic heterocycles. The number of hydrogen-bond acceptors (Lipinski definition) is 3. The van der Waals surface area contributed by atoms with Crippen LogP contribution in [0.2, 0.25) is 5.02 Å². The van der Waals surface area contributed by atoms with Gasteiger partial charge in [-0.25, -0.2) is 4.68 Å². The highest BCUT2D eigenvalue weighted by Crippen LogP contribution is 2.24. The quantitative estimate of drug-likeness (QED) is 0.415. The molecular weight excluding hydrogens is 372 g/mol. The summed E-state index contributed by atoms with van der Waals surface area (Å²) in [5.74, 6) is 0. The van der Waals surface area contributed by atoms with Crippen molar-refractivity contribution in [3.63, 3.8) is 0 Å². The van der Waals surface area contributed by atoms with Crippen LogP contribution < -0.4 is 5.56 Å². The zero-order chi connectivity index (χ0) is 19.5. The van der Waals surface area contributed by atoms with Gasteiger partial charge >= 0.3 is 0 Å². The number of nitrogens with zero attached hydrogens (tertiary/aromatic N) is 3. The monoisotopic (exact) mass is 388 g/mol. The highest BCUT2D eigenvalue weighted by Gasteiger charge is 2.12. The van der Waals surface area contributed by atoms with Gasteiger partial charge < -0.3 is 0 Å². The molecule has 5 nitrogen and oxygen atoms in total. The lowest BCUT2D eigenvalue weighted by Gasteiger charge is -2.01. The number of benzene rings is 3. The van der Waals surface area contributed by atoms with Gasteiger partial charge in [-0.1, -0.05) is 54.1 Å². The van der Waals surface area contributed by atoms with E-state index in [2.05, 4.69) is 27.5 Å². The molecule has 138 valence electrons. The van der Waals surface area contributed by atoms with Gasteiger partial charge in [0.2, 0.25) is 0 Å². The van der Waals surface area contributed by atoms with Crippen molar-refractivity contribution in [3.05, 3.63) is 99.9 Å². The summed E-state index contributed by atoms with van der Waals surface area (Å²) < 4.78 is 1.43. The van der Waals surface area contributed by atoms with Gasteiger partial charge in [0, 0.05) is 5.02 Å². The van der Waals surface area contributed by atoms with E-state index >= 15 is 0 Å². The number of aromatic nitrogens is 2. The molecule has 1 N–H and O–H groups in total. The van der Waals surface area contributed by atoms with Gasteiger partial charge in [-0.05, 0) is 54.4 Å². The van der Waals surface area contributed by atoms with E-state index in [0.717, 1.165) is 11.1 Å². The molecule has 0 spiro atoms. The van der Waals surface area contributed by atoms with Crippen LogP contribution in [0.4, 0.5) is 11.4 Å². The lowest BCUT2D eigenvalue weighted by Crippen LogP contribution is -2.13. The van der Waals surface area contributed by atoms with Crippen molar-refractivity contribution in [3.8, 4) is 16.8 Å². The first kappa shape index (κ1) is 17.9. The summed E-state index contributed by atoms with van der Waals surface area (Å²) in [7, 11) is 0. The van der Waals surface area contributed by atoms with Crippen LogP contribution in [0, 0.1) is 6.92 Å². The van der Waals surface area contributed by atoms with Crippen LogP contribution in [-0.4, -0.2) is 9.78 Å². The molecule has 0 amide bonds. The Balaban J connectivity index is 1.60. The van der Waals surface area contributed by atoms with E-state index in [1.807, 2.05) is 42.5 Å². The maximum atomic E-state index is 12.7. The minimum atomic E-state index is -0.260. The molecule has 0 aliphatic carbocycles. The highest BCUT2D eigenvalue weighted by atomic mass is 35.5. The third kappa shape index (κ3) is 3.66. The Morgan fingerprint density at radius 2 is 1.46 bits per heavy atom. The molecule has 0 radical (unpaired) electrons. The van der Waals surface area contributed by atoms with Crippen molar-refractivity contribution in [1.29, 1.82) is 0 Å². The molecule has 4 rings (SSSR count). The Hall–Kier alpha value is -3.44. The summed E-state index contributed by atoms with van der Waals surface area (Å²) in [6.45, 7) is 1.79. The average molecular weight is 389 g/mol. The predicted molar refractivity (Wildman–Crippen MR) is 112 cm³/mol. The van der Waals surface area contributed by atoms with Gasteiger partial charge in [0.25, 0.3) is 5.56 Å². The van der Waals surface area contributed by atoms with Crippen LogP contribution in [0.1, 0.15) is 5.69 Å². The van der Waals surface area contributed by atoms with E-state index in [1.54, 1.807) is 31.2 Å². The third-order valence-corrected chi connectivity index (χ3v) is 4.62. The molecule has 0 atom stereocenters. The molecule has 0 fully saturated rings. The second-order valence-electron chi connectivity index (χ2n) is 6.32. The standard InChI is InChI=1S/C22H17ClN4O/c1-15-21(22(28)27(26-15)20-13-9-18(23)10-14-20)25-24-19-11-7-17(8-12-19)16-5-3-2-4-6-16/h2-14,26H,1H3. The van der Waals surface area contributed by atoms with Crippen LogP contribution in [0.25, 0.3) is 16.8 Å². The summed E-state index contributed by atoms with van der Waals surface area (Å²) in [5, 5.41) is 12.0. The van der Waals surface area contributed by atoms with E-state index in [-0.39, 0.29) is 11.2 Å². The van der Waals surface area contributed by atoms with Gasteiger partial charge in [0.05, 0.1) is 17.1 Å². The molecule has 6 heteroatoms. The van der Waals surface area contributed by atoms with Crippen LogP contribution in [-0.2, 0) is 0 Å². The first-order chi connectivity index (χ1) is 13.6. The topological polar surface area (TPSA) is 62.5 Å². The molecule has 0 unspecified atom stereocenters. The van der Waals surface area contributed by atoms with E-state index in [9.17, 15) is 4.79 Å². The van der Waals surface area contributed by atoms with Gasteiger partial charge in [0.15, 0.2) is 5.69 Å². The second kappa shape index (κ2) is 7.66. The van der Waals surface area contributed by atoms with Crippen molar-refractivity contribution in [1.82, 2.24) is 9.78 Å². The number of aromatic amines is 1. The zero-order valence-electron chi connectivity index (χ0n) is 15.1. The number of nitrogens with one attached hydrogen (secondary N) is 1. The number of hydrogen-bond donors (Lipinski definition) is 1. The van der Waals surface area contributed by atoms with Gasteiger partial charge in [0.1, 0.15) is 0 Å². The fourth-order valence-corrected chi connectivity index (χ4v) is 3.01. The van der Waals surface area contributed by atoms with Crippen molar-refractivity contribution in [2.45, 2.75) is 6.92 Å². The van der Waals surface area contributed by atoms with Crippen LogP contribution in [0.3, 0.4) is 0 Å². The largest absolute Gasteiger partial charge is 0.299 e. The molecule has 28 heavy (non-hydrogen) atoms. The molecule has 0 saturated carbocycles. The molecule has 0 aliphatic rings. The van der Waals surface area contributed by atoms with Gasteiger partial charge in [-0.15, -0.1) is 5.11 Å². The molecular formula is C22H17ClN4O. The molecule has 3 aromatic carbocycles.